The lowest BCUT2D eigenvalue weighted by Crippen LogP contribution is -2.13. The largest absolute Gasteiger partial charge is 0.440 e. The average Bonchev–Trinajstić information content (AvgIpc) is 3.04. The predicted octanol–water partition coefficient (Wildman–Crippen LogP) is 5.32. The van der Waals surface area contributed by atoms with Crippen molar-refractivity contribution in [3.8, 4) is 0 Å². The van der Waals surface area contributed by atoms with E-state index in [2.05, 4.69) is 26.2 Å². The Morgan fingerprint density at radius 2 is 1.85 bits per heavy atom. The van der Waals surface area contributed by atoms with Crippen LogP contribution in [0.25, 0.3) is 11.1 Å². The molecular weight excluding hydrogens is 396 g/mol. The molecule has 5 nitrogen and oxygen atoms in total. The summed E-state index contributed by atoms with van der Waals surface area (Å²) in [6.45, 7) is 4.02. The number of aromatic nitrogens is 1. The van der Waals surface area contributed by atoms with Gasteiger partial charge in [-0.25, -0.2) is 4.98 Å². The van der Waals surface area contributed by atoms with Gasteiger partial charge in [-0.3, -0.25) is 9.59 Å². The van der Waals surface area contributed by atoms with Crippen LogP contribution in [0.1, 0.15) is 48.9 Å². The normalized spacial score (nSPS) is 11.1. The summed E-state index contributed by atoms with van der Waals surface area (Å²) in [5, 5.41) is 2.81. The van der Waals surface area contributed by atoms with E-state index >= 15 is 0 Å². The van der Waals surface area contributed by atoms with Crippen LogP contribution < -0.4 is 5.32 Å². The van der Waals surface area contributed by atoms with Gasteiger partial charge in [-0.15, -0.1) is 0 Å². The number of oxazole rings is 1. The molecule has 0 aliphatic rings. The highest BCUT2D eigenvalue weighted by Gasteiger charge is 2.12. The molecule has 0 fully saturated rings. The fraction of sp³-hybridized carbons (Fsp3) is 0.250. The topological polar surface area (TPSA) is 72.2 Å². The number of hydrogen-bond acceptors (Lipinski definition) is 4. The first-order valence-corrected chi connectivity index (χ1v) is 9.21. The molecule has 134 valence electrons. The molecule has 0 aliphatic carbocycles. The molecule has 26 heavy (non-hydrogen) atoms. The van der Waals surface area contributed by atoms with Crippen molar-refractivity contribution in [2.45, 2.75) is 32.6 Å². The fourth-order valence-electron chi connectivity index (χ4n) is 2.50. The number of rotatable bonds is 6. The second-order valence-corrected chi connectivity index (χ2v) is 7.28. The predicted molar refractivity (Wildman–Crippen MR) is 104 cm³/mol. The summed E-state index contributed by atoms with van der Waals surface area (Å²) >= 11 is 3.33. The quantitative estimate of drug-likeness (QED) is 0.554. The lowest BCUT2D eigenvalue weighted by Gasteiger charge is -2.05. The summed E-state index contributed by atoms with van der Waals surface area (Å²) in [5.74, 6) is 0.609. The van der Waals surface area contributed by atoms with Gasteiger partial charge in [0, 0.05) is 34.5 Å². The Morgan fingerprint density at radius 1 is 1.12 bits per heavy atom. The number of halogens is 1. The molecule has 6 heteroatoms. The third-order valence-corrected chi connectivity index (χ3v) is 4.46. The number of nitrogens with one attached hydrogen (secondary N) is 1. The van der Waals surface area contributed by atoms with Crippen LogP contribution in [0.4, 0.5) is 5.69 Å². The summed E-state index contributed by atoms with van der Waals surface area (Å²) in [6.07, 6.45) is 0.292. The minimum absolute atomic E-state index is 0.0545. The first-order valence-electron chi connectivity index (χ1n) is 8.41. The highest BCUT2D eigenvalue weighted by molar-refractivity contribution is 9.10. The van der Waals surface area contributed by atoms with Gasteiger partial charge in [-0.05, 0) is 30.3 Å². The number of carbonyl (C=O) groups is 2. The highest BCUT2D eigenvalue weighted by Crippen LogP contribution is 2.24. The summed E-state index contributed by atoms with van der Waals surface area (Å²) < 4.78 is 6.57. The average molecular weight is 415 g/mol. The molecule has 1 aromatic heterocycles. The van der Waals surface area contributed by atoms with Gasteiger partial charge in [-0.2, -0.15) is 0 Å². The number of hydrogen-bond donors (Lipinski definition) is 1. The summed E-state index contributed by atoms with van der Waals surface area (Å²) in [6, 6.07) is 12.4. The molecule has 0 radical (unpaired) electrons. The minimum atomic E-state index is -0.206. The summed E-state index contributed by atoms with van der Waals surface area (Å²) in [7, 11) is 0. The van der Waals surface area contributed by atoms with Crippen molar-refractivity contribution >= 4 is 44.4 Å². The Hall–Kier alpha value is -2.47. The van der Waals surface area contributed by atoms with Crippen LogP contribution in [0.5, 0.6) is 0 Å². The molecule has 0 unspecified atom stereocenters. The number of fused-ring (bicyclic) bond motifs is 1. The molecule has 0 spiro atoms. The Labute approximate surface area is 159 Å². The molecule has 0 aliphatic heterocycles. The second-order valence-electron chi connectivity index (χ2n) is 6.37. The SMILES string of the molecule is CC(C)c1nc2cc(NC(=O)CCC(=O)c3ccc(Br)cc3)ccc2o1. The number of carbonyl (C=O) groups excluding carboxylic acids is 2. The zero-order valence-corrected chi connectivity index (χ0v) is 16.2. The van der Waals surface area contributed by atoms with Crippen molar-refractivity contribution in [1.82, 2.24) is 4.98 Å². The van der Waals surface area contributed by atoms with Crippen LogP contribution in [0.2, 0.25) is 0 Å². The molecule has 0 saturated heterocycles. The van der Waals surface area contributed by atoms with Gasteiger partial charge in [0.15, 0.2) is 17.3 Å². The van der Waals surface area contributed by atoms with Crippen LogP contribution >= 0.6 is 15.9 Å². The van der Waals surface area contributed by atoms with Gasteiger partial charge in [0.05, 0.1) is 0 Å². The maximum absolute atomic E-state index is 12.1. The first kappa shape index (κ1) is 18.3. The minimum Gasteiger partial charge on any atom is -0.440 e. The van der Waals surface area contributed by atoms with Gasteiger partial charge >= 0.3 is 0 Å². The molecule has 2 aromatic carbocycles. The van der Waals surface area contributed by atoms with Crippen LogP contribution in [0, 0.1) is 0 Å². The number of nitrogens with zero attached hydrogens (tertiary/aromatic N) is 1. The van der Waals surface area contributed by atoms with Crippen molar-refractivity contribution in [3.63, 3.8) is 0 Å². The van der Waals surface area contributed by atoms with Crippen molar-refractivity contribution < 1.29 is 14.0 Å². The van der Waals surface area contributed by atoms with Gasteiger partial charge in [-0.1, -0.05) is 41.9 Å². The lowest BCUT2D eigenvalue weighted by molar-refractivity contribution is -0.116. The number of benzene rings is 2. The van der Waals surface area contributed by atoms with E-state index in [4.69, 9.17) is 4.42 Å². The number of amides is 1. The zero-order valence-electron chi connectivity index (χ0n) is 14.6. The smallest absolute Gasteiger partial charge is 0.224 e. The highest BCUT2D eigenvalue weighted by atomic mass is 79.9. The first-order chi connectivity index (χ1) is 12.4. The second kappa shape index (κ2) is 7.83. The zero-order chi connectivity index (χ0) is 18.7. The van der Waals surface area contributed by atoms with Gasteiger partial charge in [0.1, 0.15) is 5.52 Å². The molecule has 1 heterocycles. The molecule has 1 amide bonds. The monoisotopic (exact) mass is 414 g/mol. The van der Waals surface area contributed by atoms with E-state index in [0.717, 1.165) is 4.47 Å². The molecule has 1 N–H and O–H groups in total. The Kier molecular flexibility index (Phi) is 5.52. The van der Waals surface area contributed by atoms with Gasteiger partial charge in [0.25, 0.3) is 0 Å². The van der Waals surface area contributed by atoms with E-state index in [9.17, 15) is 9.59 Å². The van der Waals surface area contributed by atoms with Gasteiger partial charge in [0.2, 0.25) is 5.91 Å². The third kappa shape index (κ3) is 4.38. The van der Waals surface area contributed by atoms with Crippen LogP contribution in [-0.2, 0) is 4.79 Å². The molecule has 3 aromatic rings. The van der Waals surface area contributed by atoms with Crippen molar-refractivity contribution in [1.29, 1.82) is 0 Å². The molecule has 0 bridgehead atoms. The van der Waals surface area contributed by atoms with E-state index in [1.807, 2.05) is 26.0 Å². The molecule has 0 saturated carbocycles. The molecular formula is C20H19BrN2O3. The lowest BCUT2D eigenvalue weighted by atomic mass is 10.1. The number of anilines is 1. The van der Waals surface area contributed by atoms with Crippen molar-refractivity contribution in [2.24, 2.45) is 0 Å². The van der Waals surface area contributed by atoms with Crippen LogP contribution in [0.15, 0.2) is 51.4 Å². The third-order valence-electron chi connectivity index (χ3n) is 3.93. The Morgan fingerprint density at radius 3 is 2.54 bits per heavy atom. The molecule has 0 atom stereocenters. The van der Waals surface area contributed by atoms with E-state index in [0.29, 0.717) is 28.2 Å². The fourth-order valence-corrected chi connectivity index (χ4v) is 2.76. The number of ketones is 1. The maximum Gasteiger partial charge on any atom is 0.224 e. The van der Waals surface area contributed by atoms with Crippen LogP contribution in [0.3, 0.4) is 0 Å². The van der Waals surface area contributed by atoms with Crippen molar-refractivity contribution in [3.05, 3.63) is 58.4 Å². The Balaban J connectivity index is 1.60. The van der Waals surface area contributed by atoms with E-state index < -0.39 is 0 Å². The summed E-state index contributed by atoms with van der Waals surface area (Å²) in [4.78, 5) is 28.7. The van der Waals surface area contributed by atoms with Crippen molar-refractivity contribution in [2.75, 3.05) is 5.32 Å². The number of Topliss-reactive ketones (excluding diaryl/α,β-unsaturated/α-hetero) is 1. The standard InChI is InChI=1S/C20H19BrN2O3/c1-12(2)20-23-16-11-15(7-9-18(16)26-20)22-19(25)10-8-17(24)13-3-5-14(21)6-4-13/h3-7,9,11-12H,8,10H2,1-2H3,(H,22,25). The van der Waals surface area contributed by atoms with Crippen LogP contribution in [-0.4, -0.2) is 16.7 Å². The van der Waals surface area contributed by atoms with E-state index in [1.165, 1.54) is 0 Å². The Bertz CT molecular complexity index is 945. The van der Waals surface area contributed by atoms with Gasteiger partial charge < -0.3 is 9.73 Å². The maximum atomic E-state index is 12.1. The summed E-state index contributed by atoms with van der Waals surface area (Å²) in [5.41, 5.74) is 2.64. The van der Waals surface area contributed by atoms with E-state index in [-0.39, 0.29) is 30.4 Å². The molecule has 3 rings (SSSR count). The van der Waals surface area contributed by atoms with E-state index in [1.54, 1.807) is 30.3 Å².